The first kappa shape index (κ1) is 16.3. The summed E-state index contributed by atoms with van der Waals surface area (Å²) >= 11 is 0. The molecular weight excluding hydrogens is 286 g/mol. The average Bonchev–Trinajstić information content (AvgIpc) is 2.76. The van der Waals surface area contributed by atoms with E-state index >= 15 is 0 Å². The van der Waals surface area contributed by atoms with Crippen LogP contribution in [0.3, 0.4) is 0 Å². The topological polar surface area (TPSA) is 92.2 Å². The second-order valence-corrected chi connectivity index (χ2v) is 3.88. The molecule has 10 heteroatoms. The third-order valence-electron chi connectivity index (χ3n) is 2.09. The van der Waals surface area contributed by atoms with Crippen LogP contribution in [0.1, 0.15) is 18.1 Å². The number of hydrogen-bond acceptors (Lipinski definition) is 6. The van der Waals surface area contributed by atoms with Gasteiger partial charge in [-0.25, -0.2) is 8.78 Å². The fourth-order valence-corrected chi connectivity index (χ4v) is 1.15. The third-order valence-corrected chi connectivity index (χ3v) is 2.09. The molecule has 112 valence electrons. The van der Waals surface area contributed by atoms with Crippen molar-refractivity contribution in [1.29, 1.82) is 5.26 Å². The second-order valence-electron chi connectivity index (χ2n) is 3.88. The minimum Gasteiger partial charge on any atom is -0.392 e. The minimum atomic E-state index is -4.24. The first-order chi connectivity index (χ1) is 9.35. The van der Waals surface area contributed by atoms with E-state index in [-0.39, 0.29) is 24.6 Å². The van der Waals surface area contributed by atoms with Crippen LogP contribution in [-0.2, 0) is 17.8 Å². The fourth-order valence-electron chi connectivity index (χ4n) is 1.15. The van der Waals surface area contributed by atoms with Crippen LogP contribution >= 0.6 is 0 Å². The standard InChI is InChI=1S/C10H11F4N3O3/c11-9(12)10(13,14)5-19-4-7-16-8(20-17-7)3-6(18)1-2-15/h6,9,18H,1,3-5H2. The lowest BCUT2D eigenvalue weighted by atomic mass is 10.2. The van der Waals surface area contributed by atoms with E-state index in [2.05, 4.69) is 19.4 Å². The largest absolute Gasteiger partial charge is 0.392 e. The highest BCUT2D eigenvalue weighted by atomic mass is 19.3. The Bertz CT molecular complexity index is 461. The summed E-state index contributed by atoms with van der Waals surface area (Å²) in [6.07, 6.45) is -5.01. The molecule has 6 nitrogen and oxygen atoms in total. The maximum absolute atomic E-state index is 12.5. The van der Waals surface area contributed by atoms with E-state index in [0.717, 1.165) is 0 Å². The molecule has 0 fully saturated rings. The normalized spacial score (nSPS) is 13.4. The van der Waals surface area contributed by atoms with Crippen molar-refractivity contribution in [3.05, 3.63) is 11.7 Å². The van der Waals surface area contributed by atoms with Crippen LogP contribution in [0.2, 0.25) is 0 Å². The fraction of sp³-hybridized carbons (Fsp3) is 0.700. The van der Waals surface area contributed by atoms with Crippen molar-refractivity contribution >= 4 is 0 Å². The number of nitrogens with zero attached hydrogens (tertiary/aromatic N) is 3. The van der Waals surface area contributed by atoms with Gasteiger partial charge in [0.05, 0.1) is 25.0 Å². The van der Waals surface area contributed by atoms with E-state index in [1.165, 1.54) is 0 Å². The molecule has 1 aromatic rings. The number of halogens is 4. The predicted octanol–water partition coefficient (Wildman–Crippen LogP) is 1.30. The van der Waals surface area contributed by atoms with E-state index in [9.17, 15) is 22.7 Å². The molecule has 0 amide bonds. The Balaban J connectivity index is 2.40. The Hall–Kier alpha value is -1.73. The van der Waals surface area contributed by atoms with Gasteiger partial charge < -0.3 is 14.4 Å². The van der Waals surface area contributed by atoms with Gasteiger partial charge in [-0.3, -0.25) is 0 Å². The molecule has 0 aliphatic rings. The van der Waals surface area contributed by atoms with Crippen LogP contribution in [-0.4, -0.2) is 40.3 Å². The number of ether oxygens (including phenoxy) is 1. The third kappa shape index (κ3) is 5.10. The molecule has 1 atom stereocenters. The van der Waals surface area contributed by atoms with Crippen LogP contribution in [0.15, 0.2) is 4.52 Å². The summed E-state index contributed by atoms with van der Waals surface area (Å²) in [5.41, 5.74) is 0. The maximum Gasteiger partial charge on any atom is 0.330 e. The Morgan fingerprint density at radius 1 is 1.45 bits per heavy atom. The number of aliphatic hydroxyl groups is 1. The van der Waals surface area contributed by atoms with E-state index < -0.39 is 31.7 Å². The first-order valence-corrected chi connectivity index (χ1v) is 5.45. The summed E-state index contributed by atoms with van der Waals surface area (Å²) in [6.45, 7) is -1.99. The van der Waals surface area contributed by atoms with Crippen molar-refractivity contribution in [3.8, 4) is 6.07 Å². The number of aromatic nitrogens is 2. The zero-order valence-electron chi connectivity index (χ0n) is 10.1. The summed E-state index contributed by atoms with van der Waals surface area (Å²) in [6, 6.07) is 1.74. The Labute approximate surface area is 110 Å². The minimum absolute atomic E-state index is 0.00744. The van der Waals surface area contributed by atoms with Gasteiger partial charge in [0, 0.05) is 0 Å². The molecule has 0 aliphatic carbocycles. The molecule has 1 aromatic heterocycles. The van der Waals surface area contributed by atoms with Crippen LogP contribution in [0.5, 0.6) is 0 Å². The number of hydrogen-bond donors (Lipinski definition) is 1. The highest BCUT2D eigenvalue weighted by Crippen LogP contribution is 2.23. The van der Waals surface area contributed by atoms with Crippen molar-refractivity contribution in [2.75, 3.05) is 6.61 Å². The summed E-state index contributed by atoms with van der Waals surface area (Å²) < 4.78 is 57.7. The van der Waals surface area contributed by atoms with Crippen LogP contribution in [0.4, 0.5) is 17.6 Å². The lowest BCUT2D eigenvalue weighted by Crippen LogP contribution is -2.32. The molecule has 1 heterocycles. The number of rotatable bonds is 8. The van der Waals surface area contributed by atoms with Crippen LogP contribution in [0.25, 0.3) is 0 Å². The van der Waals surface area contributed by atoms with Gasteiger partial charge in [-0.1, -0.05) is 5.16 Å². The zero-order chi connectivity index (χ0) is 15.2. The van der Waals surface area contributed by atoms with E-state index in [1.807, 2.05) is 0 Å². The highest BCUT2D eigenvalue weighted by Gasteiger charge is 2.41. The summed E-state index contributed by atoms with van der Waals surface area (Å²) in [5, 5.41) is 21.0. The summed E-state index contributed by atoms with van der Waals surface area (Å²) in [5.74, 6) is -4.36. The molecule has 0 bridgehead atoms. The van der Waals surface area contributed by atoms with Gasteiger partial charge >= 0.3 is 12.3 Å². The lowest BCUT2D eigenvalue weighted by Gasteiger charge is -2.14. The Kier molecular flexibility index (Phi) is 5.84. The van der Waals surface area contributed by atoms with Gasteiger partial charge in [0.2, 0.25) is 5.89 Å². The Morgan fingerprint density at radius 3 is 2.75 bits per heavy atom. The summed E-state index contributed by atoms with van der Waals surface area (Å²) in [7, 11) is 0. The van der Waals surface area contributed by atoms with Gasteiger partial charge in [-0.2, -0.15) is 19.0 Å². The van der Waals surface area contributed by atoms with Crippen molar-refractivity contribution in [3.63, 3.8) is 0 Å². The van der Waals surface area contributed by atoms with Gasteiger partial charge in [-0.05, 0) is 0 Å². The maximum atomic E-state index is 12.5. The molecule has 1 rings (SSSR count). The number of alkyl halides is 4. The van der Waals surface area contributed by atoms with Crippen molar-refractivity contribution < 1.29 is 31.9 Å². The molecule has 0 spiro atoms. The van der Waals surface area contributed by atoms with Crippen molar-refractivity contribution in [2.45, 2.75) is 37.9 Å². The summed E-state index contributed by atoms with van der Waals surface area (Å²) in [4.78, 5) is 3.69. The molecule has 0 saturated heterocycles. The molecule has 0 aliphatic heterocycles. The van der Waals surface area contributed by atoms with E-state index in [1.54, 1.807) is 6.07 Å². The predicted molar refractivity (Wildman–Crippen MR) is 54.8 cm³/mol. The quantitative estimate of drug-likeness (QED) is 0.727. The zero-order valence-corrected chi connectivity index (χ0v) is 10.1. The molecule has 20 heavy (non-hydrogen) atoms. The van der Waals surface area contributed by atoms with E-state index in [0.29, 0.717) is 0 Å². The molecule has 1 N–H and O–H groups in total. The second kappa shape index (κ2) is 7.16. The van der Waals surface area contributed by atoms with Crippen LogP contribution in [0, 0.1) is 11.3 Å². The average molecular weight is 297 g/mol. The van der Waals surface area contributed by atoms with Gasteiger partial charge in [0.15, 0.2) is 5.82 Å². The molecule has 0 saturated carbocycles. The van der Waals surface area contributed by atoms with Gasteiger partial charge in [0.25, 0.3) is 0 Å². The lowest BCUT2D eigenvalue weighted by molar-refractivity contribution is -0.168. The number of aliphatic hydroxyl groups excluding tert-OH is 1. The smallest absolute Gasteiger partial charge is 0.330 e. The first-order valence-electron chi connectivity index (χ1n) is 5.45. The van der Waals surface area contributed by atoms with Crippen LogP contribution < -0.4 is 0 Å². The van der Waals surface area contributed by atoms with Gasteiger partial charge in [0.1, 0.15) is 13.2 Å². The molecule has 0 radical (unpaired) electrons. The molecule has 1 unspecified atom stereocenters. The Morgan fingerprint density at radius 2 is 2.15 bits per heavy atom. The SMILES string of the molecule is N#CCC(O)Cc1nc(COCC(F)(F)C(F)F)no1. The molecular formula is C10H11F4N3O3. The number of nitriles is 1. The monoisotopic (exact) mass is 297 g/mol. The van der Waals surface area contributed by atoms with E-state index in [4.69, 9.17) is 5.26 Å². The van der Waals surface area contributed by atoms with Crippen molar-refractivity contribution in [1.82, 2.24) is 10.1 Å². The van der Waals surface area contributed by atoms with Crippen molar-refractivity contribution in [2.24, 2.45) is 0 Å². The highest BCUT2D eigenvalue weighted by molar-refractivity contribution is 4.89. The molecule has 0 aromatic carbocycles. The van der Waals surface area contributed by atoms with Gasteiger partial charge in [-0.15, -0.1) is 0 Å².